The second-order valence-corrected chi connectivity index (χ2v) is 10.4. The fraction of sp³-hybridized carbons (Fsp3) is 0.286. The summed E-state index contributed by atoms with van der Waals surface area (Å²) >= 11 is 1.22. The third kappa shape index (κ3) is 4.50. The van der Waals surface area contributed by atoms with Crippen LogP contribution in [0.15, 0.2) is 53.4 Å². The molecule has 32 heavy (non-hydrogen) atoms. The van der Waals surface area contributed by atoms with Crippen LogP contribution in [0.3, 0.4) is 0 Å². The second kappa shape index (κ2) is 8.93. The van der Waals surface area contributed by atoms with Crippen LogP contribution in [0, 0.1) is 5.82 Å². The average molecular weight is 476 g/mol. The first-order valence-electron chi connectivity index (χ1n) is 9.95. The zero-order chi connectivity index (χ0) is 22.9. The first-order valence-corrected chi connectivity index (χ1v) is 12.2. The maximum absolute atomic E-state index is 13.2. The molecule has 1 atom stereocenters. The Kier molecular flexibility index (Phi) is 6.22. The van der Waals surface area contributed by atoms with Crippen LogP contribution < -0.4 is 10.2 Å². The van der Waals surface area contributed by atoms with Crippen LogP contribution in [-0.4, -0.2) is 55.5 Å². The van der Waals surface area contributed by atoms with Crippen LogP contribution in [0.5, 0.6) is 0 Å². The van der Waals surface area contributed by atoms with Gasteiger partial charge in [0.25, 0.3) is 0 Å². The fourth-order valence-electron chi connectivity index (χ4n) is 3.51. The zero-order valence-electron chi connectivity index (χ0n) is 17.5. The molecule has 1 unspecified atom stereocenters. The van der Waals surface area contributed by atoms with E-state index in [9.17, 15) is 17.6 Å². The summed E-state index contributed by atoms with van der Waals surface area (Å²) in [5.41, 5.74) is 1.92. The van der Waals surface area contributed by atoms with Crippen LogP contribution in [0.1, 0.15) is 12.8 Å². The van der Waals surface area contributed by atoms with Crippen molar-refractivity contribution in [2.75, 3.05) is 30.9 Å². The topological polar surface area (TPSA) is 95.5 Å². The Morgan fingerprint density at radius 1 is 1.12 bits per heavy atom. The molecule has 0 aliphatic carbocycles. The number of anilines is 2. The number of halogens is 1. The van der Waals surface area contributed by atoms with Crippen molar-refractivity contribution < 1.29 is 17.6 Å². The summed E-state index contributed by atoms with van der Waals surface area (Å²) in [5.74, 6) is -0.984. The average Bonchev–Trinajstić information content (AvgIpc) is 3.44. The first kappa shape index (κ1) is 22.3. The molecule has 1 N–H and O–H groups in total. The summed E-state index contributed by atoms with van der Waals surface area (Å²) in [6.07, 6.45) is 0.946. The van der Waals surface area contributed by atoms with Crippen LogP contribution >= 0.6 is 11.3 Å². The quantitative estimate of drug-likeness (QED) is 0.588. The van der Waals surface area contributed by atoms with Gasteiger partial charge in [-0.3, -0.25) is 10.1 Å². The Balaban J connectivity index is 1.48. The number of hydrogen-bond donors (Lipinski definition) is 1. The van der Waals surface area contributed by atoms with E-state index in [1.54, 1.807) is 0 Å². The number of rotatable bonds is 6. The van der Waals surface area contributed by atoms with Crippen LogP contribution in [0.25, 0.3) is 10.6 Å². The monoisotopic (exact) mass is 475 g/mol. The van der Waals surface area contributed by atoms with E-state index in [-0.39, 0.29) is 11.4 Å². The van der Waals surface area contributed by atoms with Gasteiger partial charge in [-0.25, -0.2) is 12.8 Å². The summed E-state index contributed by atoms with van der Waals surface area (Å²) in [7, 11) is -0.0126. The molecular formula is C21H22FN5O3S2. The van der Waals surface area contributed by atoms with Gasteiger partial charge in [-0.2, -0.15) is 4.31 Å². The van der Waals surface area contributed by atoms with Crippen LogP contribution in [0.2, 0.25) is 0 Å². The molecule has 2 aromatic carbocycles. The minimum absolute atomic E-state index is 0.0435. The minimum Gasteiger partial charge on any atom is -0.378 e. The van der Waals surface area contributed by atoms with E-state index in [1.165, 1.54) is 23.5 Å². The van der Waals surface area contributed by atoms with Gasteiger partial charge in [-0.15, -0.1) is 10.2 Å². The Bertz CT molecular complexity index is 1210. The maximum atomic E-state index is 13.2. The molecule has 0 saturated carbocycles. The molecule has 1 aromatic heterocycles. The zero-order valence-corrected chi connectivity index (χ0v) is 19.2. The smallest absolute Gasteiger partial charge is 0.244 e. The number of hydrogen-bond acceptors (Lipinski definition) is 7. The Morgan fingerprint density at radius 3 is 2.47 bits per heavy atom. The number of nitrogens with zero attached hydrogens (tertiary/aromatic N) is 4. The van der Waals surface area contributed by atoms with Gasteiger partial charge in [-0.1, -0.05) is 11.3 Å². The maximum Gasteiger partial charge on any atom is 0.244 e. The molecule has 11 heteroatoms. The molecule has 1 amide bonds. The molecule has 1 saturated heterocycles. The highest BCUT2D eigenvalue weighted by atomic mass is 32.2. The largest absolute Gasteiger partial charge is 0.378 e. The van der Waals surface area contributed by atoms with Gasteiger partial charge in [0.1, 0.15) is 16.9 Å². The van der Waals surface area contributed by atoms with Gasteiger partial charge >= 0.3 is 0 Å². The number of amides is 1. The lowest BCUT2D eigenvalue weighted by molar-refractivity contribution is -0.119. The Labute approximate surface area is 189 Å². The third-order valence-electron chi connectivity index (χ3n) is 5.21. The van der Waals surface area contributed by atoms with Crippen molar-refractivity contribution in [1.82, 2.24) is 14.5 Å². The molecule has 8 nitrogen and oxygen atoms in total. The van der Waals surface area contributed by atoms with Crippen LogP contribution in [-0.2, 0) is 14.8 Å². The second-order valence-electron chi connectivity index (χ2n) is 7.57. The van der Waals surface area contributed by atoms with Gasteiger partial charge in [0, 0.05) is 31.9 Å². The molecule has 0 bridgehead atoms. The van der Waals surface area contributed by atoms with Crippen LogP contribution in [0.4, 0.5) is 15.2 Å². The lowest BCUT2D eigenvalue weighted by Gasteiger charge is -2.22. The Hall–Kier alpha value is -2.89. The van der Waals surface area contributed by atoms with Gasteiger partial charge in [-0.05, 0) is 61.4 Å². The summed E-state index contributed by atoms with van der Waals surface area (Å²) in [4.78, 5) is 14.8. The highest BCUT2D eigenvalue weighted by molar-refractivity contribution is 7.89. The van der Waals surface area contributed by atoms with E-state index in [1.807, 2.05) is 43.3 Å². The van der Waals surface area contributed by atoms with E-state index >= 15 is 0 Å². The van der Waals surface area contributed by atoms with Crippen molar-refractivity contribution in [2.45, 2.75) is 23.8 Å². The predicted octanol–water partition coefficient (Wildman–Crippen LogP) is 3.20. The summed E-state index contributed by atoms with van der Waals surface area (Å²) in [6.45, 7) is 0.220. The van der Waals surface area contributed by atoms with Crippen molar-refractivity contribution in [3.8, 4) is 10.6 Å². The number of nitrogens with one attached hydrogen (secondary N) is 1. The highest BCUT2D eigenvalue weighted by Crippen LogP contribution is 2.30. The normalized spacial score (nSPS) is 16.8. The molecule has 4 rings (SSSR count). The number of aromatic nitrogens is 2. The molecule has 1 fully saturated rings. The Morgan fingerprint density at radius 2 is 1.81 bits per heavy atom. The molecule has 168 valence electrons. The summed E-state index contributed by atoms with van der Waals surface area (Å²) < 4.78 is 40.3. The standard InChI is InChI=1S/C21H22FN5O3S2/c1-26(2)16-9-5-14(6-10-16)20-24-25-21(31-20)23-19(28)18-4-3-13-27(18)32(29,30)17-11-7-15(22)8-12-17/h5-12,18H,3-4,13H2,1-2H3,(H,23,25,28). The van der Waals surface area contributed by atoms with Crippen molar-refractivity contribution in [2.24, 2.45) is 0 Å². The summed E-state index contributed by atoms with van der Waals surface area (Å²) in [6, 6.07) is 11.5. The first-order chi connectivity index (χ1) is 15.3. The minimum atomic E-state index is -3.92. The van der Waals surface area contributed by atoms with E-state index in [0.717, 1.165) is 27.7 Å². The molecule has 0 spiro atoms. The molecule has 1 aliphatic heterocycles. The summed E-state index contributed by atoms with van der Waals surface area (Å²) in [5, 5.41) is 11.8. The molecule has 0 radical (unpaired) electrons. The molecule has 1 aliphatic rings. The predicted molar refractivity (Wildman–Crippen MR) is 122 cm³/mol. The number of carbonyl (C=O) groups excluding carboxylic acids is 1. The van der Waals surface area contributed by atoms with E-state index in [0.29, 0.717) is 23.0 Å². The van der Waals surface area contributed by atoms with Gasteiger partial charge in [0.15, 0.2) is 0 Å². The van der Waals surface area contributed by atoms with E-state index in [2.05, 4.69) is 15.5 Å². The molecular weight excluding hydrogens is 453 g/mol. The van der Waals surface area contributed by atoms with E-state index in [4.69, 9.17) is 0 Å². The van der Waals surface area contributed by atoms with E-state index < -0.39 is 27.8 Å². The van der Waals surface area contributed by atoms with Gasteiger partial charge in [0.2, 0.25) is 21.1 Å². The highest BCUT2D eigenvalue weighted by Gasteiger charge is 2.39. The lowest BCUT2D eigenvalue weighted by atomic mass is 10.2. The van der Waals surface area contributed by atoms with Crippen molar-refractivity contribution in [3.63, 3.8) is 0 Å². The fourth-order valence-corrected chi connectivity index (χ4v) is 5.92. The van der Waals surface area contributed by atoms with Crippen molar-refractivity contribution >= 4 is 38.1 Å². The molecule has 3 aromatic rings. The number of benzene rings is 2. The van der Waals surface area contributed by atoms with Crippen molar-refractivity contribution in [1.29, 1.82) is 0 Å². The third-order valence-corrected chi connectivity index (χ3v) is 8.02. The SMILES string of the molecule is CN(C)c1ccc(-c2nnc(NC(=O)C3CCCN3S(=O)(=O)c3ccc(F)cc3)s2)cc1. The van der Waals surface area contributed by atoms with Gasteiger partial charge < -0.3 is 4.90 Å². The number of sulfonamides is 1. The van der Waals surface area contributed by atoms with Gasteiger partial charge in [0.05, 0.1) is 4.90 Å². The van der Waals surface area contributed by atoms with Crippen molar-refractivity contribution in [3.05, 3.63) is 54.3 Å². The number of carbonyl (C=O) groups is 1. The molecule has 2 heterocycles. The lowest BCUT2D eigenvalue weighted by Crippen LogP contribution is -2.43.